The zero-order valence-corrected chi connectivity index (χ0v) is 12.1. The first-order chi connectivity index (χ1) is 10.2. The maximum atomic E-state index is 11.8. The van der Waals surface area contributed by atoms with Gasteiger partial charge >= 0.3 is 0 Å². The van der Waals surface area contributed by atoms with Crippen LogP contribution in [0.2, 0.25) is 5.02 Å². The van der Waals surface area contributed by atoms with Crippen LogP contribution >= 0.6 is 11.6 Å². The van der Waals surface area contributed by atoms with Gasteiger partial charge in [-0.05, 0) is 17.7 Å². The fourth-order valence-electron chi connectivity index (χ4n) is 1.64. The molecule has 1 amide bonds. The number of hydrogen-bond donors (Lipinski definition) is 2. The zero-order valence-electron chi connectivity index (χ0n) is 11.3. The van der Waals surface area contributed by atoms with Gasteiger partial charge in [0, 0.05) is 24.3 Å². The number of amides is 1. The van der Waals surface area contributed by atoms with Gasteiger partial charge in [0.25, 0.3) is 5.91 Å². The molecule has 0 atom stereocenters. The molecule has 1 aromatic carbocycles. The molecule has 6 heteroatoms. The Morgan fingerprint density at radius 1 is 1.33 bits per heavy atom. The molecule has 108 valence electrons. The van der Waals surface area contributed by atoms with Gasteiger partial charge in [-0.15, -0.1) is 6.58 Å². The summed E-state index contributed by atoms with van der Waals surface area (Å²) in [6, 6.07) is 9.06. The van der Waals surface area contributed by atoms with Crippen LogP contribution in [0.5, 0.6) is 0 Å². The van der Waals surface area contributed by atoms with Crippen molar-refractivity contribution in [2.75, 3.05) is 11.9 Å². The topological polar surface area (TPSA) is 66.9 Å². The lowest BCUT2D eigenvalue weighted by Crippen LogP contribution is -2.24. The molecule has 0 spiro atoms. The van der Waals surface area contributed by atoms with Gasteiger partial charge in [0.15, 0.2) is 0 Å². The number of carbonyl (C=O) groups is 1. The Morgan fingerprint density at radius 2 is 2.14 bits per heavy atom. The van der Waals surface area contributed by atoms with Crippen molar-refractivity contribution in [2.24, 2.45) is 0 Å². The Morgan fingerprint density at radius 3 is 2.90 bits per heavy atom. The average molecular weight is 303 g/mol. The van der Waals surface area contributed by atoms with Crippen molar-refractivity contribution in [1.29, 1.82) is 0 Å². The van der Waals surface area contributed by atoms with Crippen LogP contribution in [-0.4, -0.2) is 22.4 Å². The maximum Gasteiger partial charge on any atom is 0.270 e. The Kier molecular flexibility index (Phi) is 5.29. The number of aromatic nitrogens is 2. The van der Waals surface area contributed by atoms with Gasteiger partial charge in [-0.1, -0.05) is 35.9 Å². The number of nitrogens with one attached hydrogen (secondary N) is 2. The van der Waals surface area contributed by atoms with Gasteiger partial charge < -0.3 is 10.6 Å². The summed E-state index contributed by atoms with van der Waals surface area (Å²) in [5, 5.41) is 6.38. The molecule has 2 rings (SSSR count). The van der Waals surface area contributed by atoms with E-state index in [1.807, 2.05) is 24.3 Å². The molecule has 0 radical (unpaired) electrons. The monoisotopic (exact) mass is 302 g/mol. The lowest BCUT2D eigenvalue weighted by Gasteiger charge is -2.07. The Bertz CT molecular complexity index is 645. The Hall–Kier alpha value is -2.40. The molecule has 2 N–H and O–H groups in total. The molecular formula is C15H15ClN4O. The summed E-state index contributed by atoms with van der Waals surface area (Å²) in [5.74, 6) is 0.110. The second kappa shape index (κ2) is 7.40. The van der Waals surface area contributed by atoms with Crippen LogP contribution in [0, 0.1) is 0 Å². The Labute approximate surface area is 128 Å². The highest BCUT2D eigenvalue weighted by atomic mass is 35.5. The largest absolute Gasteiger partial charge is 0.350 e. The fourth-order valence-corrected chi connectivity index (χ4v) is 1.84. The first kappa shape index (κ1) is 15.0. The fraction of sp³-hybridized carbons (Fsp3) is 0.133. The number of nitrogens with zero attached hydrogens (tertiary/aromatic N) is 2. The first-order valence-electron chi connectivity index (χ1n) is 6.40. The maximum absolute atomic E-state index is 11.8. The van der Waals surface area contributed by atoms with Gasteiger partial charge in [-0.3, -0.25) is 4.79 Å². The van der Waals surface area contributed by atoms with Crippen LogP contribution in [0.25, 0.3) is 0 Å². The average Bonchev–Trinajstić information content (AvgIpc) is 2.52. The second-order valence-electron chi connectivity index (χ2n) is 4.21. The lowest BCUT2D eigenvalue weighted by atomic mass is 10.2. The predicted octanol–water partition coefficient (Wildman–Crippen LogP) is 2.66. The number of rotatable bonds is 6. The molecule has 21 heavy (non-hydrogen) atoms. The molecule has 0 fully saturated rings. The van der Waals surface area contributed by atoms with E-state index in [4.69, 9.17) is 11.6 Å². The molecule has 0 aliphatic rings. The van der Waals surface area contributed by atoms with Crippen molar-refractivity contribution in [3.63, 3.8) is 0 Å². The van der Waals surface area contributed by atoms with E-state index in [1.165, 1.54) is 6.20 Å². The van der Waals surface area contributed by atoms with Gasteiger partial charge in [0.05, 0.1) is 0 Å². The van der Waals surface area contributed by atoms with E-state index in [-0.39, 0.29) is 5.91 Å². The quantitative estimate of drug-likeness (QED) is 0.805. The van der Waals surface area contributed by atoms with Crippen molar-refractivity contribution in [1.82, 2.24) is 15.3 Å². The lowest BCUT2D eigenvalue weighted by molar-refractivity contribution is 0.0953. The molecule has 1 aromatic heterocycles. The number of anilines is 1. The van der Waals surface area contributed by atoms with Crippen molar-refractivity contribution in [3.8, 4) is 0 Å². The molecule has 1 heterocycles. The van der Waals surface area contributed by atoms with E-state index in [9.17, 15) is 4.79 Å². The smallest absolute Gasteiger partial charge is 0.270 e. The number of hydrogen-bond acceptors (Lipinski definition) is 4. The predicted molar refractivity (Wildman–Crippen MR) is 83.3 cm³/mol. The summed E-state index contributed by atoms with van der Waals surface area (Å²) in [6.45, 7) is 4.42. The van der Waals surface area contributed by atoms with Crippen molar-refractivity contribution < 1.29 is 4.79 Å². The summed E-state index contributed by atoms with van der Waals surface area (Å²) >= 11 is 6.08. The van der Waals surface area contributed by atoms with Crippen LogP contribution in [0.4, 0.5) is 5.95 Å². The minimum absolute atomic E-state index is 0.266. The van der Waals surface area contributed by atoms with Crippen LogP contribution in [0.1, 0.15) is 16.1 Å². The zero-order chi connectivity index (χ0) is 15.1. The molecule has 0 unspecified atom stereocenters. The van der Waals surface area contributed by atoms with Crippen LogP contribution in [0.3, 0.4) is 0 Å². The summed E-state index contributed by atoms with van der Waals surface area (Å²) in [7, 11) is 0. The standard InChI is InChI=1S/C15H15ClN4O/c1-2-8-17-14(21)13-7-9-18-15(20-13)19-10-11-5-3-4-6-12(11)16/h2-7,9H,1,8,10H2,(H,17,21)(H,18,19,20). The molecular weight excluding hydrogens is 288 g/mol. The van der Waals surface area contributed by atoms with Crippen molar-refractivity contribution in [3.05, 3.63) is 65.5 Å². The number of carbonyl (C=O) groups excluding carboxylic acids is 1. The molecule has 0 aliphatic carbocycles. The van der Waals surface area contributed by atoms with E-state index in [0.717, 1.165) is 5.56 Å². The van der Waals surface area contributed by atoms with E-state index in [2.05, 4.69) is 27.2 Å². The molecule has 0 bridgehead atoms. The minimum atomic E-state index is -0.266. The van der Waals surface area contributed by atoms with Crippen molar-refractivity contribution in [2.45, 2.75) is 6.54 Å². The van der Waals surface area contributed by atoms with Crippen LogP contribution in [-0.2, 0) is 6.54 Å². The third-order valence-corrected chi connectivity index (χ3v) is 3.06. The highest BCUT2D eigenvalue weighted by Crippen LogP contribution is 2.15. The summed E-state index contributed by atoms with van der Waals surface area (Å²) < 4.78 is 0. The highest BCUT2D eigenvalue weighted by molar-refractivity contribution is 6.31. The molecule has 2 aromatic rings. The first-order valence-corrected chi connectivity index (χ1v) is 6.78. The summed E-state index contributed by atoms with van der Waals surface area (Å²) in [5.41, 5.74) is 1.23. The highest BCUT2D eigenvalue weighted by Gasteiger charge is 2.07. The minimum Gasteiger partial charge on any atom is -0.350 e. The van der Waals surface area contributed by atoms with Crippen LogP contribution < -0.4 is 10.6 Å². The van der Waals surface area contributed by atoms with Crippen LogP contribution in [0.15, 0.2) is 49.2 Å². The van der Waals surface area contributed by atoms with E-state index in [0.29, 0.717) is 29.8 Å². The van der Waals surface area contributed by atoms with E-state index in [1.54, 1.807) is 12.1 Å². The third-order valence-electron chi connectivity index (χ3n) is 2.69. The summed E-state index contributed by atoms with van der Waals surface area (Å²) in [6.07, 6.45) is 3.14. The molecule has 0 aliphatic heterocycles. The van der Waals surface area contributed by atoms with Gasteiger partial charge in [-0.25, -0.2) is 9.97 Å². The number of benzene rings is 1. The molecule has 5 nitrogen and oxygen atoms in total. The van der Waals surface area contributed by atoms with E-state index < -0.39 is 0 Å². The molecule has 0 saturated carbocycles. The third kappa shape index (κ3) is 4.29. The Balaban J connectivity index is 2.03. The second-order valence-corrected chi connectivity index (χ2v) is 4.62. The van der Waals surface area contributed by atoms with Crippen molar-refractivity contribution >= 4 is 23.5 Å². The van der Waals surface area contributed by atoms with Gasteiger partial charge in [0.2, 0.25) is 5.95 Å². The normalized spacial score (nSPS) is 9.95. The van der Waals surface area contributed by atoms with Gasteiger partial charge in [0.1, 0.15) is 5.69 Å². The molecule has 0 saturated heterocycles. The SMILES string of the molecule is C=CCNC(=O)c1ccnc(NCc2ccccc2Cl)n1. The van der Waals surface area contributed by atoms with E-state index >= 15 is 0 Å². The summed E-state index contributed by atoms with van der Waals surface area (Å²) in [4.78, 5) is 20.0. The number of halogens is 1. The van der Waals surface area contributed by atoms with Gasteiger partial charge in [-0.2, -0.15) is 0 Å².